The van der Waals surface area contributed by atoms with Crippen LogP contribution < -0.4 is 0 Å². The minimum Gasteiger partial charge on any atom is -0.464 e. The van der Waals surface area contributed by atoms with Crippen LogP contribution in [0.3, 0.4) is 0 Å². The number of isocyanates is 2. The van der Waals surface area contributed by atoms with E-state index in [1.165, 1.54) is 12.2 Å². The SMILES string of the molecule is CCCOC(=O)C(CC(=O)OCCN=C=O)N=C=O. The molecule has 0 aromatic heterocycles. The minimum absolute atomic E-state index is 0.0167. The predicted octanol–water partition coefficient (Wildman–Crippen LogP) is -0.0869. The van der Waals surface area contributed by atoms with Crippen molar-refractivity contribution in [2.75, 3.05) is 19.8 Å². The standard InChI is InChI=1S/C11H14N2O6/c1-2-4-19-11(17)9(13-8-15)6-10(16)18-5-3-12-7-14/h9H,2-6H2,1H3. The fourth-order valence-electron chi connectivity index (χ4n) is 1.01. The van der Waals surface area contributed by atoms with Crippen LogP contribution >= 0.6 is 0 Å². The van der Waals surface area contributed by atoms with Crippen molar-refractivity contribution in [3.8, 4) is 0 Å². The maximum Gasteiger partial charge on any atom is 0.332 e. The molecule has 0 N–H and O–H groups in total. The molecule has 0 amide bonds. The van der Waals surface area contributed by atoms with Gasteiger partial charge in [0.05, 0.1) is 19.6 Å². The number of ether oxygens (including phenoxy) is 2. The summed E-state index contributed by atoms with van der Waals surface area (Å²) in [4.78, 5) is 49.0. The van der Waals surface area contributed by atoms with Crippen molar-refractivity contribution in [1.29, 1.82) is 0 Å². The lowest BCUT2D eigenvalue weighted by molar-refractivity contribution is -0.151. The van der Waals surface area contributed by atoms with Crippen LogP contribution in [-0.4, -0.2) is 49.9 Å². The zero-order valence-corrected chi connectivity index (χ0v) is 10.5. The lowest BCUT2D eigenvalue weighted by Gasteiger charge is -2.09. The molecule has 0 aliphatic heterocycles. The topological polar surface area (TPSA) is 111 Å². The van der Waals surface area contributed by atoms with Crippen LogP contribution in [-0.2, 0) is 28.7 Å². The number of carbonyl (C=O) groups excluding carboxylic acids is 4. The molecule has 8 heteroatoms. The molecule has 0 heterocycles. The zero-order chi connectivity index (χ0) is 14.5. The summed E-state index contributed by atoms with van der Waals surface area (Å²) in [6.07, 6.45) is 2.67. The smallest absolute Gasteiger partial charge is 0.332 e. The maximum atomic E-state index is 11.4. The third-order valence-electron chi connectivity index (χ3n) is 1.82. The molecule has 0 aromatic carbocycles. The van der Waals surface area contributed by atoms with Crippen molar-refractivity contribution in [2.45, 2.75) is 25.8 Å². The van der Waals surface area contributed by atoms with Gasteiger partial charge in [-0.15, -0.1) is 0 Å². The van der Waals surface area contributed by atoms with Crippen LogP contribution in [0.25, 0.3) is 0 Å². The Labute approximate surface area is 109 Å². The number of hydrogen-bond acceptors (Lipinski definition) is 8. The highest BCUT2D eigenvalue weighted by Crippen LogP contribution is 2.03. The van der Waals surface area contributed by atoms with Gasteiger partial charge in [-0.05, 0) is 6.42 Å². The maximum absolute atomic E-state index is 11.4. The van der Waals surface area contributed by atoms with Crippen molar-refractivity contribution in [1.82, 2.24) is 0 Å². The van der Waals surface area contributed by atoms with E-state index in [1.807, 2.05) is 0 Å². The third-order valence-corrected chi connectivity index (χ3v) is 1.82. The molecule has 0 rings (SSSR count). The van der Waals surface area contributed by atoms with Crippen molar-refractivity contribution < 1.29 is 28.7 Å². The first kappa shape index (κ1) is 16.7. The average Bonchev–Trinajstić information content (AvgIpc) is 2.40. The van der Waals surface area contributed by atoms with Gasteiger partial charge in [0, 0.05) is 0 Å². The summed E-state index contributed by atoms with van der Waals surface area (Å²) >= 11 is 0. The summed E-state index contributed by atoms with van der Waals surface area (Å²) < 4.78 is 9.43. The van der Waals surface area contributed by atoms with Gasteiger partial charge in [-0.2, -0.15) is 4.99 Å². The van der Waals surface area contributed by atoms with E-state index in [1.54, 1.807) is 6.92 Å². The average molecular weight is 270 g/mol. The van der Waals surface area contributed by atoms with Gasteiger partial charge >= 0.3 is 11.9 Å². The molecule has 1 atom stereocenters. The Morgan fingerprint density at radius 1 is 1.16 bits per heavy atom. The largest absolute Gasteiger partial charge is 0.464 e. The second-order valence-corrected chi connectivity index (χ2v) is 3.30. The summed E-state index contributed by atoms with van der Waals surface area (Å²) in [5.41, 5.74) is 0. The Morgan fingerprint density at radius 2 is 1.89 bits per heavy atom. The summed E-state index contributed by atoms with van der Waals surface area (Å²) in [6.45, 7) is 1.84. The lowest BCUT2D eigenvalue weighted by Crippen LogP contribution is -2.26. The molecule has 8 nitrogen and oxygen atoms in total. The first-order valence-electron chi connectivity index (χ1n) is 5.58. The van der Waals surface area contributed by atoms with Gasteiger partial charge in [0.2, 0.25) is 12.2 Å². The summed E-state index contributed by atoms with van der Waals surface area (Å²) in [6, 6.07) is -1.26. The van der Waals surface area contributed by atoms with Crippen molar-refractivity contribution in [3.63, 3.8) is 0 Å². The fourth-order valence-corrected chi connectivity index (χ4v) is 1.01. The third kappa shape index (κ3) is 8.43. The van der Waals surface area contributed by atoms with E-state index < -0.39 is 24.4 Å². The molecule has 0 spiro atoms. The minimum atomic E-state index is -1.26. The zero-order valence-electron chi connectivity index (χ0n) is 10.5. The first-order chi connectivity index (χ1) is 9.15. The Bertz CT molecular complexity index is 396. The van der Waals surface area contributed by atoms with E-state index in [4.69, 9.17) is 4.74 Å². The molecule has 104 valence electrons. The Kier molecular flexibility index (Phi) is 9.52. The molecule has 0 saturated heterocycles. The fraction of sp³-hybridized carbons (Fsp3) is 0.636. The van der Waals surface area contributed by atoms with Crippen molar-refractivity contribution in [2.24, 2.45) is 9.98 Å². The second kappa shape index (κ2) is 10.8. The Morgan fingerprint density at radius 3 is 2.47 bits per heavy atom. The van der Waals surface area contributed by atoms with Gasteiger partial charge in [0.25, 0.3) is 0 Å². The molecular weight excluding hydrogens is 256 g/mol. The van der Waals surface area contributed by atoms with Gasteiger partial charge in [0.15, 0.2) is 6.04 Å². The number of rotatable bonds is 9. The van der Waals surface area contributed by atoms with E-state index >= 15 is 0 Å². The molecule has 1 unspecified atom stereocenters. The van der Waals surface area contributed by atoms with E-state index in [2.05, 4.69) is 14.7 Å². The number of esters is 2. The molecular formula is C11H14N2O6. The summed E-state index contributed by atoms with van der Waals surface area (Å²) in [7, 11) is 0. The number of carbonyl (C=O) groups is 2. The Balaban J connectivity index is 4.25. The molecule has 0 saturated carbocycles. The normalized spacial score (nSPS) is 10.6. The van der Waals surface area contributed by atoms with Gasteiger partial charge in [-0.3, -0.25) is 4.79 Å². The van der Waals surface area contributed by atoms with Crippen LogP contribution in [0.1, 0.15) is 19.8 Å². The molecule has 0 aliphatic carbocycles. The summed E-state index contributed by atoms with van der Waals surface area (Å²) in [5, 5.41) is 0. The van der Waals surface area contributed by atoms with E-state index in [0.29, 0.717) is 6.42 Å². The lowest BCUT2D eigenvalue weighted by atomic mass is 10.2. The van der Waals surface area contributed by atoms with Crippen LogP contribution in [0, 0.1) is 0 Å². The molecule has 0 radical (unpaired) electrons. The number of nitrogens with zero attached hydrogens (tertiary/aromatic N) is 2. The molecule has 0 aliphatic rings. The highest BCUT2D eigenvalue weighted by Gasteiger charge is 2.23. The van der Waals surface area contributed by atoms with Crippen molar-refractivity contribution in [3.05, 3.63) is 0 Å². The highest BCUT2D eigenvalue weighted by molar-refractivity contribution is 5.83. The van der Waals surface area contributed by atoms with Crippen molar-refractivity contribution >= 4 is 24.1 Å². The number of aliphatic imine (C=N–C) groups is 2. The first-order valence-corrected chi connectivity index (χ1v) is 5.58. The van der Waals surface area contributed by atoms with Gasteiger partial charge < -0.3 is 9.47 Å². The van der Waals surface area contributed by atoms with Crippen LogP contribution in [0.5, 0.6) is 0 Å². The van der Waals surface area contributed by atoms with Gasteiger partial charge in [0.1, 0.15) is 6.61 Å². The number of hydrogen-bond donors (Lipinski definition) is 0. The predicted molar refractivity (Wildman–Crippen MR) is 61.7 cm³/mol. The highest BCUT2D eigenvalue weighted by atomic mass is 16.5. The molecule has 0 bridgehead atoms. The van der Waals surface area contributed by atoms with Gasteiger partial charge in [-0.1, -0.05) is 6.92 Å². The second-order valence-electron chi connectivity index (χ2n) is 3.30. The van der Waals surface area contributed by atoms with Crippen LogP contribution in [0.4, 0.5) is 0 Å². The summed E-state index contributed by atoms with van der Waals surface area (Å²) in [5.74, 6) is -1.54. The molecule has 0 fully saturated rings. The molecule has 0 aromatic rings. The van der Waals surface area contributed by atoms with Crippen LogP contribution in [0.2, 0.25) is 0 Å². The molecule has 19 heavy (non-hydrogen) atoms. The monoisotopic (exact) mass is 270 g/mol. The Hall–Kier alpha value is -2.30. The van der Waals surface area contributed by atoms with E-state index in [-0.39, 0.29) is 19.8 Å². The van der Waals surface area contributed by atoms with Crippen LogP contribution in [0.15, 0.2) is 9.98 Å². The van der Waals surface area contributed by atoms with E-state index in [9.17, 15) is 19.2 Å². The quantitative estimate of drug-likeness (QED) is 0.250. The van der Waals surface area contributed by atoms with E-state index in [0.717, 1.165) is 0 Å². The van der Waals surface area contributed by atoms with Gasteiger partial charge in [-0.25, -0.2) is 19.4 Å².